The Morgan fingerprint density at radius 1 is 1.07 bits per heavy atom. The number of allylic oxidation sites excluding steroid dienone is 1. The van der Waals surface area contributed by atoms with Gasteiger partial charge >= 0.3 is 0 Å². The van der Waals surface area contributed by atoms with E-state index in [9.17, 15) is 0 Å². The zero-order chi connectivity index (χ0) is 10.3. The van der Waals surface area contributed by atoms with Crippen LogP contribution in [0.25, 0.3) is 6.08 Å². The monoisotopic (exact) mass is 200 g/mol. The Labute approximate surface area is 90.2 Å². The fourth-order valence-corrected chi connectivity index (χ4v) is 2.64. The molecule has 0 amide bonds. The molecule has 2 heteroatoms. The van der Waals surface area contributed by atoms with E-state index < -0.39 is 0 Å². The van der Waals surface area contributed by atoms with E-state index >= 15 is 0 Å². The second-order valence-corrected chi connectivity index (χ2v) is 4.46. The number of nitrogen functional groups attached to an aromatic ring is 1. The van der Waals surface area contributed by atoms with Gasteiger partial charge in [-0.15, -0.1) is 0 Å². The predicted molar refractivity (Wildman–Crippen MR) is 62.6 cm³/mol. The summed E-state index contributed by atoms with van der Waals surface area (Å²) in [7, 11) is 0. The summed E-state index contributed by atoms with van der Waals surface area (Å²) in [5.41, 5.74) is 12.2. The number of aromatic nitrogens is 1. The van der Waals surface area contributed by atoms with E-state index in [0.29, 0.717) is 0 Å². The molecule has 0 saturated heterocycles. The van der Waals surface area contributed by atoms with Crippen molar-refractivity contribution in [1.29, 1.82) is 0 Å². The quantitative estimate of drug-likeness (QED) is 0.699. The minimum atomic E-state index is 1.01. The van der Waals surface area contributed by atoms with E-state index in [1.807, 2.05) is 0 Å². The van der Waals surface area contributed by atoms with Crippen molar-refractivity contribution in [3.8, 4) is 0 Å². The normalized spacial score (nSPS) is 18.4. The van der Waals surface area contributed by atoms with E-state index in [0.717, 1.165) is 31.4 Å². The Kier molecular flexibility index (Phi) is 2.01. The Morgan fingerprint density at radius 3 is 2.87 bits per heavy atom. The summed E-state index contributed by atoms with van der Waals surface area (Å²) >= 11 is 0. The summed E-state index contributed by atoms with van der Waals surface area (Å²) in [6.45, 7) is 0. The highest BCUT2D eigenvalue weighted by Gasteiger charge is 2.19. The largest absolute Gasteiger partial charge is 0.398 e. The summed E-state index contributed by atoms with van der Waals surface area (Å²) in [5.74, 6) is 0. The third-order valence-electron chi connectivity index (χ3n) is 3.47. The van der Waals surface area contributed by atoms with Gasteiger partial charge < -0.3 is 5.73 Å². The minimum absolute atomic E-state index is 1.01. The van der Waals surface area contributed by atoms with Crippen molar-refractivity contribution in [3.05, 3.63) is 28.6 Å². The molecule has 0 bridgehead atoms. The lowest BCUT2D eigenvalue weighted by Gasteiger charge is -2.22. The molecule has 0 radical (unpaired) electrons. The number of nitrogens with two attached hydrogens (primary N) is 1. The Bertz CT molecular complexity index is 433. The van der Waals surface area contributed by atoms with E-state index in [4.69, 9.17) is 10.7 Å². The topological polar surface area (TPSA) is 38.9 Å². The molecule has 0 spiro atoms. The van der Waals surface area contributed by atoms with Crippen LogP contribution in [0.1, 0.15) is 41.8 Å². The lowest BCUT2D eigenvalue weighted by Crippen LogP contribution is -2.14. The number of aryl methyl sites for hydroxylation is 2. The predicted octanol–water partition coefficient (Wildman–Crippen LogP) is 2.50. The van der Waals surface area contributed by atoms with Gasteiger partial charge in [0.2, 0.25) is 0 Å². The van der Waals surface area contributed by atoms with Gasteiger partial charge in [-0.2, -0.15) is 0 Å². The maximum Gasteiger partial charge on any atom is 0.0503 e. The summed E-state index contributed by atoms with van der Waals surface area (Å²) in [6.07, 6.45) is 11.3. The van der Waals surface area contributed by atoms with Crippen molar-refractivity contribution in [2.24, 2.45) is 0 Å². The minimum Gasteiger partial charge on any atom is -0.398 e. The van der Waals surface area contributed by atoms with E-state index in [1.54, 1.807) is 0 Å². The van der Waals surface area contributed by atoms with Crippen molar-refractivity contribution in [2.75, 3.05) is 5.73 Å². The molecule has 2 aliphatic carbocycles. The van der Waals surface area contributed by atoms with E-state index in [-0.39, 0.29) is 0 Å². The standard InChI is InChI=1S/C13H16N2/c14-13-9-5-1-3-7-11(9)15-12-8-4-2-6-10(12)13/h1,5H,2-4,6-8H2,(H2,14,15). The molecule has 1 heterocycles. The van der Waals surface area contributed by atoms with Crippen molar-refractivity contribution >= 4 is 11.8 Å². The Morgan fingerprint density at radius 2 is 1.93 bits per heavy atom. The van der Waals surface area contributed by atoms with Gasteiger partial charge in [0.1, 0.15) is 0 Å². The van der Waals surface area contributed by atoms with Gasteiger partial charge in [-0.3, -0.25) is 4.98 Å². The van der Waals surface area contributed by atoms with Gasteiger partial charge in [0.05, 0.1) is 5.69 Å². The first-order valence-corrected chi connectivity index (χ1v) is 5.83. The molecule has 0 saturated carbocycles. The van der Waals surface area contributed by atoms with E-state index in [1.165, 1.54) is 35.4 Å². The molecule has 0 aliphatic heterocycles. The van der Waals surface area contributed by atoms with E-state index in [2.05, 4.69) is 12.2 Å². The van der Waals surface area contributed by atoms with Crippen molar-refractivity contribution in [2.45, 2.75) is 38.5 Å². The van der Waals surface area contributed by atoms with Gasteiger partial charge in [0, 0.05) is 16.9 Å². The van der Waals surface area contributed by atoms with Crippen LogP contribution in [0.15, 0.2) is 6.08 Å². The molecule has 0 unspecified atom stereocenters. The van der Waals surface area contributed by atoms with Gasteiger partial charge in [-0.1, -0.05) is 12.2 Å². The molecule has 1 aromatic rings. The molecule has 78 valence electrons. The first-order valence-electron chi connectivity index (χ1n) is 5.83. The van der Waals surface area contributed by atoms with Gasteiger partial charge in [-0.05, 0) is 44.1 Å². The molecule has 0 atom stereocenters. The molecular weight excluding hydrogens is 184 g/mol. The first kappa shape index (κ1) is 8.96. The fourth-order valence-electron chi connectivity index (χ4n) is 2.64. The number of nitrogens with zero attached hydrogens (tertiary/aromatic N) is 1. The molecule has 1 aromatic heterocycles. The smallest absolute Gasteiger partial charge is 0.0503 e. The number of fused-ring (bicyclic) bond motifs is 2. The molecular formula is C13H16N2. The average molecular weight is 200 g/mol. The number of anilines is 1. The SMILES string of the molecule is Nc1c2c(nc3c1CCCC3)CCC=C2. The fraction of sp³-hybridized carbons (Fsp3) is 0.462. The molecule has 2 N–H and O–H groups in total. The third-order valence-corrected chi connectivity index (χ3v) is 3.47. The second-order valence-electron chi connectivity index (χ2n) is 4.46. The van der Waals surface area contributed by atoms with Gasteiger partial charge in [0.25, 0.3) is 0 Å². The first-order chi connectivity index (χ1) is 7.36. The molecule has 0 fully saturated rings. The van der Waals surface area contributed by atoms with Crippen LogP contribution in [0.3, 0.4) is 0 Å². The van der Waals surface area contributed by atoms with Crippen LogP contribution < -0.4 is 5.73 Å². The van der Waals surface area contributed by atoms with Gasteiger partial charge in [-0.25, -0.2) is 0 Å². The van der Waals surface area contributed by atoms with Crippen molar-refractivity contribution in [3.63, 3.8) is 0 Å². The zero-order valence-electron chi connectivity index (χ0n) is 8.92. The Hall–Kier alpha value is -1.31. The highest BCUT2D eigenvalue weighted by molar-refractivity contribution is 5.71. The number of rotatable bonds is 0. The molecule has 2 aliphatic rings. The maximum absolute atomic E-state index is 6.23. The van der Waals surface area contributed by atoms with Crippen LogP contribution in [-0.2, 0) is 19.3 Å². The lowest BCUT2D eigenvalue weighted by atomic mass is 9.90. The maximum atomic E-state index is 6.23. The van der Waals surface area contributed by atoms with Crippen LogP contribution in [0.2, 0.25) is 0 Å². The number of pyridine rings is 1. The highest BCUT2D eigenvalue weighted by Crippen LogP contribution is 2.32. The van der Waals surface area contributed by atoms with Crippen LogP contribution in [0, 0.1) is 0 Å². The Balaban J connectivity index is 2.21. The number of hydrogen-bond donors (Lipinski definition) is 1. The van der Waals surface area contributed by atoms with Crippen LogP contribution >= 0.6 is 0 Å². The third kappa shape index (κ3) is 1.36. The summed E-state index contributed by atoms with van der Waals surface area (Å²) in [6, 6.07) is 0. The summed E-state index contributed by atoms with van der Waals surface area (Å²) < 4.78 is 0. The lowest BCUT2D eigenvalue weighted by molar-refractivity contribution is 0.663. The van der Waals surface area contributed by atoms with Crippen LogP contribution in [-0.4, -0.2) is 4.98 Å². The zero-order valence-corrected chi connectivity index (χ0v) is 8.92. The molecule has 3 rings (SSSR count). The molecule has 15 heavy (non-hydrogen) atoms. The van der Waals surface area contributed by atoms with Gasteiger partial charge in [0.15, 0.2) is 0 Å². The summed E-state index contributed by atoms with van der Waals surface area (Å²) in [5, 5.41) is 0. The second kappa shape index (κ2) is 3.37. The summed E-state index contributed by atoms with van der Waals surface area (Å²) in [4.78, 5) is 4.78. The molecule has 2 nitrogen and oxygen atoms in total. The average Bonchev–Trinajstić information content (AvgIpc) is 2.30. The van der Waals surface area contributed by atoms with Crippen LogP contribution in [0.5, 0.6) is 0 Å². The van der Waals surface area contributed by atoms with Crippen molar-refractivity contribution in [1.82, 2.24) is 4.98 Å². The van der Waals surface area contributed by atoms with Crippen LogP contribution in [0.4, 0.5) is 5.69 Å². The highest BCUT2D eigenvalue weighted by atomic mass is 14.8. The molecule has 0 aromatic carbocycles. The van der Waals surface area contributed by atoms with Crippen molar-refractivity contribution < 1.29 is 0 Å². The number of hydrogen-bond acceptors (Lipinski definition) is 2.